The number of rotatable bonds is 7. The maximum atomic E-state index is 13.4. The smallest absolute Gasteiger partial charge is 0.261 e. The quantitative estimate of drug-likeness (QED) is 0.555. The molecule has 7 nitrogen and oxygen atoms in total. The minimum atomic E-state index is -3.81. The summed E-state index contributed by atoms with van der Waals surface area (Å²) in [5, 5.41) is 0.895. The Morgan fingerprint density at radius 3 is 2.40 bits per heavy atom. The molecule has 0 N–H and O–H groups in total. The number of fused-ring (bicyclic) bond motifs is 1. The molecule has 1 unspecified atom stereocenters. The van der Waals surface area contributed by atoms with E-state index in [0.717, 1.165) is 0 Å². The van der Waals surface area contributed by atoms with Crippen LogP contribution < -0.4 is 5.56 Å². The number of aromatic nitrogens is 2. The van der Waals surface area contributed by atoms with Crippen LogP contribution in [-0.2, 0) is 17.1 Å². The number of hydrogen-bond acceptors (Lipinski definition) is 5. The van der Waals surface area contributed by atoms with Gasteiger partial charge in [0.2, 0.25) is 10.0 Å². The Kier molecular flexibility index (Phi) is 6.62. The molecule has 0 amide bonds. The molecule has 30 heavy (non-hydrogen) atoms. The summed E-state index contributed by atoms with van der Waals surface area (Å²) in [5.41, 5.74) is 0.195. The van der Waals surface area contributed by atoms with Crippen molar-refractivity contribution in [1.29, 1.82) is 0 Å². The van der Waals surface area contributed by atoms with Gasteiger partial charge in [0.05, 0.1) is 21.8 Å². The number of hydrogen-bond donors (Lipinski definition) is 0. The van der Waals surface area contributed by atoms with Crippen molar-refractivity contribution in [2.45, 2.75) is 17.9 Å². The maximum Gasteiger partial charge on any atom is 0.261 e. The summed E-state index contributed by atoms with van der Waals surface area (Å²) in [6.07, 6.45) is 0. The average Bonchev–Trinajstić information content (AvgIpc) is 2.70. The lowest BCUT2D eigenvalue weighted by Gasteiger charge is -2.30. The molecule has 0 saturated heterocycles. The van der Waals surface area contributed by atoms with Gasteiger partial charge in [-0.05, 0) is 51.4 Å². The fraction of sp³-hybridized carbons (Fsp3) is 0.333. The van der Waals surface area contributed by atoms with Gasteiger partial charge in [0.1, 0.15) is 5.82 Å². The van der Waals surface area contributed by atoms with Gasteiger partial charge in [-0.25, -0.2) is 13.4 Å². The van der Waals surface area contributed by atoms with E-state index in [2.05, 4.69) is 4.98 Å². The average molecular weight is 449 g/mol. The van der Waals surface area contributed by atoms with Crippen molar-refractivity contribution in [3.05, 3.63) is 69.7 Å². The molecule has 160 valence electrons. The SMILES string of the molecule is CC(c1nc2cc(Cl)ccc2c(=O)n1C)N(CCN(C)C)S(=O)(=O)c1ccccc1. The van der Waals surface area contributed by atoms with E-state index in [-0.39, 0.29) is 17.0 Å². The fourth-order valence-corrected chi connectivity index (χ4v) is 5.08. The first-order valence-electron chi connectivity index (χ1n) is 9.50. The first kappa shape index (κ1) is 22.4. The highest BCUT2D eigenvalue weighted by Gasteiger charge is 2.32. The van der Waals surface area contributed by atoms with Gasteiger partial charge < -0.3 is 4.90 Å². The van der Waals surface area contributed by atoms with Crippen LogP contribution in [0.2, 0.25) is 5.02 Å². The molecule has 2 aromatic carbocycles. The van der Waals surface area contributed by atoms with E-state index in [4.69, 9.17) is 11.6 Å². The van der Waals surface area contributed by atoms with E-state index < -0.39 is 16.1 Å². The van der Waals surface area contributed by atoms with Gasteiger partial charge in [0.15, 0.2) is 0 Å². The third-order valence-corrected chi connectivity index (χ3v) is 7.22. The number of halogens is 1. The van der Waals surface area contributed by atoms with Crippen LogP contribution in [-0.4, -0.2) is 54.4 Å². The highest BCUT2D eigenvalue weighted by atomic mass is 35.5. The summed E-state index contributed by atoms with van der Waals surface area (Å²) in [6.45, 7) is 2.51. The minimum Gasteiger partial charge on any atom is -0.308 e. The lowest BCUT2D eigenvalue weighted by Crippen LogP contribution is -2.40. The normalized spacial score (nSPS) is 13.3. The van der Waals surface area contributed by atoms with Gasteiger partial charge in [-0.15, -0.1) is 0 Å². The van der Waals surface area contributed by atoms with Crippen LogP contribution in [0.15, 0.2) is 58.2 Å². The summed E-state index contributed by atoms with van der Waals surface area (Å²) in [5.74, 6) is 0.355. The Hall–Kier alpha value is -2.26. The summed E-state index contributed by atoms with van der Waals surface area (Å²) in [6, 6.07) is 12.5. The number of nitrogens with zero attached hydrogens (tertiary/aromatic N) is 4. The molecule has 0 bridgehead atoms. The number of benzene rings is 2. The zero-order valence-corrected chi connectivity index (χ0v) is 19.0. The van der Waals surface area contributed by atoms with Gasteiger partial charge in [0.25, 0.3) is 5.56 Å². The molecule has 1 aromatic heterocycles. The number of sulfonamides is 1. The zero-order chi connectivity index (χ0) is 22.1. The second-order valence-electron chi connectivity index (χ2n) is 7.40. The van der Waals surface area contributed by atoms with E-state index in [1.807, 2.05) is 19.0 Å². The molecular formula is C21H25ClN4O3S. The Balaban J connectivity index is 2.15. The van der Waals surface area contributed by atoms with Crippen molar-refractivity contribution >= 4 is 32.5 Å². The van der Waals surface area contributed by atoms with Crippen molar-refractivity contribution in [1.82, 2.24) is 18.8 Å². The van der Waals surface area contributed by atoms with Gasteiger partial charge in [-0.2, -0.15) is 4.31 Å². The monoisotopic (exact) mass is 448 g/mol. The van der Waals surface area contributed by atoms with Crippen LogP contribution in [0.25, 0.3) is 10.9 Å². The van der Waals surface area contributed by atoms with Crippen LogP contribution in [0.3, 0.4) is 0 Å². The summed E-state index contributed by atoms with van der Waals surface area (Å²) in [7, 11) is 1.55. The molecule has 9 heteroatoms. The lowest BCUT2D eigenvalue weighted by atomic mass is 10.2. The molecule has 1 atom stereocenters. The number of likely N-dealkylation sites (N-methyl/N-ethyl adjacent to an activating group) is 1. The third kappa shape index (κ3) is 4.41. The van der Waals surface area contributed by atoms with Crippen molar-refractivity contribution in [3.63, 3.8) is 0 Å². The van der Waals surface area contributed by atoms with Crippen molar-refractivity contribution in [2.75, 3.05) is 27.2 Å². The van der Waals surface area contributed by atoms with Gasteiger partial charge in [0, 0.05) is 25.2 Å². The molecule has 0 spiro atoms. The minimum absolute atomic E-state index is 0.199. The Morgan fingerprint density at radius 1 is 1.10 bits per heavy atom. The van der Waals surface area contributed by atoms with Gasteiger partial charge in [-0.3, -0.25) is 9.36 Å². The molecule has 1 heterocycles. The zero-order valence-electron chi connectivity index (χ0n) is 17.4. The molecule has 0 aliphatic carbocycles. The van der Waals surface area contributed by atoms with E-state index >= 15 is 0 Å². The second-order valence-corrected chi connectivity index (χ2v) is 9.73. The first-order chi connectivity index (χ1) is 14.1. The Morgan fingerprint density at radius 2 is 1.77 bits per heavy atom. The largest absolute Gasteiger partial charge is 0.308 e. The second kappa shape index (κ2) is 8.85. The molecule has 0 fully saturated rings. The van der Waals surface area contributed by atoms with Crippen molar-refractivity contribution in [3.8, 4) is 0 Å². The molecular weight excluding hydrogens is 424 g/mol. The summed E-state index contributed by atoms with van der Waals surface area (Å²) in [4.78, 5) is 19.6. The van der Waals surface area contributed by atoms with Gasteiger partial charge >= 0.3 is 0 Å². The highest BCUT2D eigenvalue weighted by Crippen LogP contribution is 2.27. The first-order valence-corrected chi connectivity index (χ1v) is 11.3. The van der Waals surface area contributed by atoms with Crippen molar-refractivity contribution in [2.24, 2.45) is 7.05 Å². The predicted octanol–water partition coefficient (Wildman–Crippen LogP) is 2.90. The summed E-state index contributed by atoms with van der Waals surface area (Å²) >= 11 is 6.08. The van der Waals surface area contributed by atoms with Crippen LogP contribution >= 0.6 is 11.6 Å². The van der Waals surface area contributed by atoms with E-state index in [0.29, 0.717) is 28.3 Å². The molecule has 0 aliphatic heterocycles. The molecule has 0 radical (unpaired) electrons. The van der Waals surface area contributed by atoms with E-state index in [1.165, 1.54) is 8.87 Å². The van der Waals surface area contributed by atoms with Gasteiger partial charge in [-0.1, -0.05) is 29.8 Å². The van der Waals surface area contributed by atoms with Crippen LogP contribution in [0.1, 0.15) is 18.8 Å². The fourth-order valence-electron chi connectivity index (χ4n) is 3.31. The van der Waals surface area contributed by atoms with Crippen molar-refractivity contribution < 1.29 is 8.42 Å². The predicted molar refractivity (Wildman–Crippen MR) is 119 cm³/mol. The highest BCUT2D eigenvalue weighted by molar-refractivity contribution is 7.89. The summed E-state index contributed by atoms with van der Waals surface area (Å²) < 4.78 is 29.7. The lowest BCUT2D eigenvalue weighted by molar-refractivity contribution is 0.283. The van der Waals surface area contributed by atoms with Crippen LogP contribution in [0, 0.1) is 0 Å². The molecule has 3 rings (SSSR count). The molecule has 0 aliphatic rings. The maximum absolute atomic E-state index is 13.4. The van der Waals surface area contributed by atoms with Crippen LogP contribution in [0.4, 0.5) is 0 Å². The van der Waals surface area contributed by atoms with E-state index in [9.17, 15) is 13.2 Å². The Bertz CT molecular complexity index is 1210. The third-order valence-electron chi connectivity index (χ3n) is 5.00. The molecule has 3 aromatic rings. The van der Waals surface area contributed by atoms with Crippen LogP contribution in [0.5, 0.6) is 0 Å². The van der Waals surface area contributed by atoms with E-state index in [1.54, 1.807) is 62.5 Å². The topological polar surface area (TPSA) is 75.5 Å². The standard InChI is InChI=1S/C21H25ClN4O3S/c1-15(20-23-19-14-16(22)10-11-18(19)21(27)25(20)4)26(13-12-24(2)3)30(28,29)17-8-6-5-7-9-17/h5-11,14-15H,12-13H2,1-4H3. The molecule has 0 saturated carbocycles. The Labute approximate surface area is 181 Å².